The predicted molar refractivity (Wildman–Crippen MR) is 78.5 cm³/mol. The van der Waals surface area contributed by atoms with Crippen LogP contribution in [0.1, 0.15) is 44.2 Å². The van der Waals surface area contributed by atoms with Crippen molar-refractivity contribution in [1.82, 2.24) is 0 Å². The first-order valence-corrected chi connectivity index (χ1v) is 7.59. The van der Waals surface area contributed by atoms with Gasteiger partial charge in [-0.05, 0) is 35.8 Å². The first kappa shape index (κ1) is 15.1. The molecule has 0 saturated carbocycles. The van der Waals surface area contributed by atoms with E-state index in [0.717, 1.165) is 28.4 Å². The lowest BCUT2D eigenvalue weighted by atomic mass is 10.0. The normalized spacial score (nSPS) is 10.7. The molecule has 100 valence electrons. The Morgan fingerprint density at radius 1 is 1.39 bits per heavy atom. The van der Waals surface area contributed by atoms with Crippen molar-refractivity contribution >= 4 is 17.7 Å². The van der Waals surface area contributed by atoms with Gasteiger partial charge in [-0.1, -0.05) is 32.9 Å². The molecule has 0 spiro atoms. The molecule has 0 fully saturated rings. The van der Waals surface area contributed by atoms with E-state index in [9.17, 15) is 4.79 Å². The van der Waals surface area contributed by atoms with Crippen molar-refractivity contribution in [3.05, 3.63) is 29.3 Å². The van der Waals surface area contributed by atoms with Gasteiger partial charge in [0.25, 0.3) is 0 Å². The fourth-order valence-corrected chi connectivity index (χ4v) is 2.28. The molecular formula is C15H22O2S. The minimum atomic E-state index is -0.136. The molecule has 0 N–H and O–H groups in total. The summed E-state index contributed by atoms with van der Waals surface area (Å²) < 4.78 is 5.48. The van der Waals surface area contributed by atoms with Crippen LogP contribution in [0.5, 0.6) is 5.75 Å². The highest BCUT2D eigenvalue weighted by Gasteiger charge is 2.12. The molecule has 0 saturated heterocycles. The molecule has 0 aromatic heterocycles. The van der Waals surface area contributed by atoms with Crippen LogP contribution in [-0.2, 0) is 4.79 Å². The fraction of sp³-hybridized carbons (Fsp3) is 0.533. The zero-order valence-electron chi connectivity index (χ0n) is 11.7. The molecule has 0 aliphatic heterocycles. The van der Waals surface area contributed by atoms with Gasteiger partial charge in [-0.2, -0.15) is 11.8 Å². The summed E-state index contributed by atoms with van der Waals surface area (Å²) in [6.07, 6.45) is 0.476. The maximum Gasteiger partial charge on any atom is 0.312 e. The monoisotopic (exact) mass is 266 g/mol. The maximum absolute atomic E-state index is 11.7. The molecule has 0 aliphatic rings. The molecule has 1 rings (SSSR count). The van der Waals surface area contributed by atoms with Gasteiger partial charge in [-0.25, -0.2) is 0 Å². The quantitative estimate of drug-likeness (QED) is 0.439. The van der Waals surface area contributed by atoms with Crippen LogP contribution in [0.3, 0.4) is 0 Å². The van der Waals surface area contributed by atoms with Gasteiger partial charge in [0.15, 0.2) is 0 Å². The van der Waals surface area contributed by atoms with E-state index < -0.39 is 0 Å². The molecule has 1 aromatic carbocycles. The van der Waals surface area contributed by atoms with Crippen LogP contribution >= 0.6 is 11.8 Å². The van der Waals surface area contributed by atoms with Crippen molar-refractivity contribution in [1.29, 1.82) is 0 Å². The zero-order valence-corrected chi connectivity index (χ0v) is 12.5. The average Bonchev–Trinajstić information content (AvgIpc) is 2.29. The molecule has 0 bridgehead atoms. The number of benzene rings is 1. The number of rotatable bonds is 6. The third-order valence-corrected chi connectivity index (χ3v) is 3.57. The highest BCUT2D eigenvalue weighted by Crippen LogP contribution is 2.27. The Kier molecular flexibility index (Phi) is 6.27. The Balaban J connectivity index is 2.70. The van der Waals surface area contributed by atoms with Crippen LogP contribution in [-0.4, -0.2) is 17.5 Å². The van der Waals surface area contributed by atoms with E-state index in [4.69, 9.17) is 4.74 Å². The lowest BCUT2D eigenvalue weighted by Crippen LogP contribution is -2.10. The van der Waals surface area contributed by atoms with Gasteiger partial charge in [0.05, 0.1) is 6.42 Å². The van der Waals surface area contributed by atoms with Crippen molar-refractivity contribution in [2.45, 2.75) is 40.0 Å². The van der Waals surface area contributed by atoms with Crippen LogP contribution in [0.4, 0.5) is 0 Å². The first-order chi connectivity index (χ1) is 8.54. The van der Waals surface area contributed by atoms with Gasteiger partial charge in [-0.15, -0.1) is 0 Å². The second-order valence-electron chi connectivity index (χ2n) is 4.62. The van der Waals surface area contributed by atoms with E-state index in [1.54, 1.807) is 11.8 Å². The largest absolute Gasteiger partial charge is 0.426 e. The second-order valence-corrected chi connectivity index (χ2v) is 6.01. The molecule has 0 amide bonds. The fourth-order valence-electron chi connectivity index (χ4n) is 1.68. The van der Waals surface area contributed by atoms with Crippen LogP contribution < -0.4 is 4.74 Å². The van der Waals surface area contributed by atoms with Crippen molar-refractivity contribution in [2.24, 2.45) is 0 Å². The molecule has 0 heterocycles. The Morgan fingerprint density at radius 2 is 2.11 bits per heavy atom. The zero-order chi connectivity index (χ0) is 13.5. The Labute approximate surface area is 114 Å². The van der Waals surface area contributed by atoms with Crippen molar-refractivity contribution in [3.63, 3.8) is 0 Å². The Bertz CT molecular complexity index is 399. The van der Waals surface area contributed by atoms with Gasteiger partial charge in [-0.3, -0.25) is 4.79 Å². The maximum atomic E-state index is 11.7. The standard InChI is InChI=1S/C15H22O2S/c1-5-18-9-8-15(16)17-14-10-12(4)6-7-13(14)11(2)3/h6-7,10-11H,5,8-9H2,1-4H3. The van der Waals surface area contributed by atoms with Crippen molar-refractivity contribution in [3.8, 4) is 5.75 Å². The molecule has 0 atom stereocenters. The third-order valence-electron chi connectivity index (χ3n) is 2.67. The van der Waals surface area contributed by atoms with Gasteiger partial charge in [0, 0.05) is 5.75 Å². The number of carbonyl (C=O) groups is 1. The molecule has 0 radical (unpaired) electrons. The summed E-state index contributed by atoms with van der Waals surface area (Å²) in [6, 6.07) is 6.04. The number of hydrogen-bond acceptors (Lipinski definition) is 3. The number of hydrogen-bond donors (Lipinski definition) is 0. The first-order valence-electron chi connectivity index (χ1n) is 6.43. The van der Waals surface area contributed by atoms with Gasteiger partial charge in [0.2, 0.25) is 0 Å². The molecule has 1 aromatic rings. The number of esters is 1. The molecule has 3 heteroatoms. The summed E-state index contributed by atoms with van der Waals surface area (Å²) >= 11 is 1.76. The van der Waals surface area contributed by atoms with Crippen molar-refractivity contribution < 1.29 is 9.53 Å². The molecule has 2 nitrogen and oxygen atoms in total. The predicted octanol–water partition coefficient (Wildman–Crippen LogP) is 4.17. The van der Waals surface area contributed by atoms with Gasteiger partial charge >= 0.3 is 5.97 Å². The summed E-state index contributed by atoms with van der Waals surface area (Å²) in [5.41, 5.74) is 2.21. The highest BCUT2D eigenvalue weighted by atomic mass is 32.2. The summed E-state index contributed by atoms with van der Waals surface area (Å²) in [6.45, 7) is 8.31. The average molecular weight is 266 g/mol. The van der Waals surface area contributed by atoms with Crippen LogP contribution in [0.15, 0.2) is 18.2 Å². The van der Waals surface area contributed by atoms with Gasteiger partial charge < -0.3 is 4.74 Å². The van der Waals surface area contributed by atoms with E-state index >= 15 is 0 Å². The van der Waals surface area contributed by atoms with E-state index in [0.29, 0.717) is 12.3 Å². The Morgan fingerprint density at radius 3 is 2.72 bits per heavy atom. The topological polar surface area (TPSA) is 26.3 Å². The molecule has 18 heavy (non-hydrogen) atoms. The second kappa shape index (κ2) is 7.47. The smallest absolute Gasteiger partial charge is 0.312 e. The van der Waals surface area contributed by atoms with Crippen LogP contribution in [0.2, 0.25) is 0 Å². The lowest BCUT2D eigenvalue weighted by molar-refractivity contribution is -0.133. The van der Waals surface area contributed by atoms with E-state index in [1.165, 1.54) is 0 Å². The third kappa shape index (κ3) is 4.73. The van der Waals surface area contributed by atoms with E-state index in [1.807, 2.05) is 19.1 Å². The molecule has 0 aliphatic carbocycles. The number of aryl methyl sites for hydroxylation is 1. The van der Waals surface area contributed by atoms with E-state index in [-0.39, 0.29) is 5.97 Å². The van der Waals surface area contributed by atoms with Crippen LogP contribution in [0.25, 0.3) is 0 Å². The van der Waals surface area contributed by atoms with Crippen LogP contribution in [0, 0.1) is 6.92 Å². The lowest BCUT2D eigenvalue weighted by Gasteiger charge is -2.13. The number of thioether (sulfide) groups is 1. The number of carbonyl (C=O) groups excluding carboxylic acids is 1. The molecule has 0 unspecified atom stereocenters. The Hall–Kier alpha value is -0.960. The SMILES string of the molecule is CCSCCC(=O)Oc1cc(C)ccc1C(C)C. The molecular weight excluding hydrogens is 244 g/mol. The van der Waals surface area contributed by atoms with E-state index in [2.05, 4.69) is 26.8 Å². The summed E-state index contributed by atoms with van der Waals surface area (Å²) in [5, 5.41) is 0. The highest BCUT2D eigenvalue weighted by molar-refractivity contribution is 7.99. The minimum absolute atomic E-state index is 0.136. The summed E-state index contributed by atoms with van der Waals surface area (Å²) in [4.78, 5) is 11.7. The summed E-state index contributed by atoms with van der Waals surface area (Å²) in [7, 11) is 0. The summed E-state index contributed by atoms with van der Waals surface area (Å²) in [5.74, 6) is 2.81. The van der Waals surface area contributed by atoms with Crippen molar-refractivity contribution in [2.75, 3.05) is 11.5 Å². The van der Waals surface area contributed by atoms with Gasteiger partial charge in [0.1, 0.15) is 5.75 Å². The number of ether oxygens (including phenoxy) is 1. The minimum Gasteiger partial charge on any atom is -0.426 e.